The summed E-state index contributed by atoms with van der Waals surface area (Å²) >= 11 is 0. The SMILES string of the molecule is Cl.Cl.O[C@@H]1CCCN(CC2CCCCN2)C1. The Morgan fingerprint density at radius 3 is 2.56 bits per heavy atom. The number of aliphatic hydroxyl groups is 1. The first-order chi connectivity index (χ1) is 6.84. The topological polar surface area (TPSA) is 35.5 Å². The van der Waals surface area contributed by atoms with Gasteiger partial charge in [-0.05, 0) is 38.8 Å². The first kappa shape index (κ1) is 16.5. The molecule has 0 aliphatic carbocycles. The van der Waals surface area contributed by atoms with Crippen molar-refractivity contribution < 1.29 is 5.11 Å². The van der Waals surface area contributed by atoms with Crippen LogP contribution in [0.1, 0.15) is 32.1 Å². The van der Waals surface area contributed by atoms with Gasteiger partial charge in [-0.25, -0.2) is 0 Å². The third-order valence-corrected chi connectivity index (χ3v) is 3.37. The number of nitrogens with one attached hydrogen (secondary N) is 1. The third-order valence-electron chi connectivity index (χ3n) is 3.37. The van der Waals surface area contributed by atoms with Gasteiger partial charge in [-0.2, -0.15) is 0 Å². The van der Waals surface area contributed by atoms with Crippen molar-refractivity contribution in [2.24, 2.45) is 0 Å². The van der Waals surface area contributed by atoms with Crippen LogP contribution in [0.3, 0.4) is 0 Å². The Kier molecular flexibility index (Phi) is 8.78. The lowest BCUT2D eigenvalue weighted by atomic mass is 10.0. The van der Waals surface area contributed by atoms with Crippen molar-refractivity contribution in [2.75, 3.05) is 26.2 Å². The quantitative estimate of drug-likeness (QED) is 0.797. The second kappa shape index (κ2) is 8.54. The number of halogens is 2. The van der Waals surface area contributed by atoms with E-state index in [1.165, 1.54) is 32.4 Å². The molecule has 2 rings (SSSR count). The van der Waals surface area contributed by atoms with Crippen LogP contribution in [0.15, 0.2) is 0 Å². The highest BCUT2D eigenvalue weighted by atomic mass is 35.5. The van der Waals surface area contributed by atoms with Crippen LogP contribution in [0.5, 0.6) is 0 Å². The van der Waals surface area contributed by atoms with E-state index in [0.29, 0.717) is 6.04 Å². The summed E-state index contributed by atoms with van der Waals surface area (Å²) in [5, 5.41) is 13.1. The van der Waals surface area contributed by atoms with E-state index in [0.717, 1.165) is 25.9 Å². The van der Waals surface area contributed by atoms with Gasteiger partial charge in [-0.15, -0.1) is 24.8 Å². The molecule has 0 amide bonds. The summed E-state index contributed by atoms with van der Waals surface area (Å²) in [5.41, 5.74) is 0. The lowest BCUT2D eigenvalue weighted by molar-refractivity contribution is 0.0635. The zero-order valence-corrected chi connectivity index (χ0v) is 11.4. The maximum Gasteiger partial charge on any atom is 0.0667 e. The highest BCUT2D eigenvalue weighted by Gasteiger charge is 2.21. The van der Waals surface area contributed by atoms with Crippen molar-refractivity contribution in [1.82, 2.24) is 10.2 Å². The summed E-state index contributed by atoms with van der Waals surface area (Å²) in [7, 11) is 0. The third kappa shape index (κ3) is 5.19. The van der Waals surface area contributed by atoms with Gasteiger partial charge in [-0.3, -0.25) is 4.90 Å². The van der Waals surface area contributed by atoms with Crippen LogP contribution < -0.4 is 5.32 Å². The lowest BCUT2D eigenvalue weighted by Crippen LogP contribution is -2.47. The number of rotatable bonds is 2. The van der Waals surface area contributed by atoms with Crippen LogP contribution in [0, 0.1) is 0 Å². The van der Waals surface area contributed by atoms with Crippen LogP contribution in [0.25, 0.3) is 0 Å². The number of likely N-dealkylation sites (tertiary alicyclic amines) is 1. The molecule has 0 aromatic rings. The number of hydrogen-bond acceptors (Lipinski definition) is 3. The highest BCUT2D eigenvalue weighted by molar-refractivity contribution is 5.85. The Labute approximate surface area is 111 Å². The number of aliphatic hydroxyl groups excluding tert-OH is 1. The lowest BCUT2D eigenvalue weighted by Gasteiger charge is -2.34. The smallest absolute Gasteiger partial charge is 0.0667 e. The molecule has 2 aliphatic rings. The zero-order valence-electron chi connectivity index (χ0n) is 9.73. The molecule has 3 nitrogen and oxygen atoms in total. The summed E-state index contributed by atoms with van der Waals surface area (Å²) in [4.78, 5) is 2.41. The molecular formula is C11H24Cl2N2O. The molecule has 2 fully saturated rings. The average molecular weight is 271 g/mol. The average Bonchev–Trinajstić information content (AvgIpc) is 2.19. The molecule has 0 radical (unpaired) electrons. The van der Waals surface area contributed by atoms with E-state index in [2.05, 4.69) is 10.2 Å². The van der Waals surface area contributed by atoms with Gasteiger partial charge in [0.05, 0.1) is 6.10 Å². The molecule has 0 saturated carbocycles. The Morgan fingerprint density at radius 1 is 1.12 bits per heavy atom. The van der Waals surface area contributed by atoms with Gasteiger partial charge >= 0.3 is 0 Å². The summed E-state index contributed by atoms with van der Waals surface area (Å²) in [6, 6.07) is 0.675. The maximum absolute atomic E-state index is 9.55. The minimum atomic E-state index is -0.0765. The van der Waals surface area contributed by atoms with E-state index >= 15 is 0 Å². The van der Waals surface area contributed by atoms with E-state index in [1.807, 2.05) is 0 Å². The first-order valence-corrected chi connectivity index (χ1v) is 5.98. The molecular weight excluding hydrogens is 247 g/mol. The Balaban J connectivity index is 0.00000112. The van der Waals surface area contributed by atoms with Crippen LogP contribution in [-0.4, -0.2) is 48.3 Å². The second-order valence-electron chi connectivity index (χ2n) is 4.70. The highest BCUT2D eigenvalue weighted by Crippen LogP contribution is 2.13. The van der Waals surface area contributed by atoms with E-state index in [-0.39, 0.29) is 30.9 Å². The van der Waals surface area contributed by atoms with Gasteiger partial charge in [0.15, 0.2) is 0 Å². The summed E-state index contributed by atoms with van der Waals surface area (Å²) < 4.78 is 0. The molecule has 2 saturated heterocycles. The minimum absolute atomic E-state index is 0. The predicted molar refractivity (Wildman–Crippen MR) is 71.8 cm³/mol. The van der Waals surface area contributed by atoms with Gasteiger partial charge in [0, 0.05) is 19.1 Å². The number of hydrogen-bond donors (Lipinski definition) is 2. The van der Waals surface area contributed by atoms with Gasteiger partial charge in [-0.1, -0.05) is 6.42 Å². The molecule has 16 heavy (non-hydrogen) atoms. The van der Waals surface area contributed by atoms with E-state index in [1.54, 1.807) is 0 Å². The molecule has 0 aromatic heterocycles. The number of nitrogens with zero attached hydrogens (tertiary/aromatic N) is 1. The van der Waals surface area contributed by atoms with Crippen molar-refractivity contribution in [1.29, 1.82) is 0 Å². The molecule has 0 spiro atoms. The Morgan fingerprint density at radius 2 is 1.94 bits per heavy atom. The fraction of sp³-hybridized carbons (Fsp3) is 1.00. The molecule has 2 atom stereocenters. The molecule has 2 heterocycles. The fourth-order valence-electron chi connectivity index (χ4n) is 2.59. The van der Waals surface area contributed by atoms with Gasteiger partial charge in [0.25, 0.3) is 0 Å². The molecule has 1 unspecified atom stereocenters. The van der Waals surface area contributed by atoms with Crippen molar-refractivity contribution in [2.45, 2.75) is 44.2 Å². The van der Waals surface area contributed by atoms with Crippen molar-refractivity contribution in [3.05, 3.63) is 0 Å². The Hall–Kier alpha value is 0.460. The van der Waals surface area contributed by atoms with E-state index in [4.69, 9.17) is 0 Å². The molecule has 2 aliphatic heterocycles. The molecule has 0 bridgehead atoms. The first-order valence-electron chi connectivity index (χ1n) is 5.98. The van der Waals surface area contributed by atoms with Crippen LogP contribution >= 0.6 is 24.8 Å². The largest absolute Gasteiger partial charge is 0.392 e. The zero-order chi connectivity index (χ0) is 9.80. The van der Waals surface area contributed by atoms with Crippen LogP contribution in [-0.2, 0) is 0 Å². The summed E-state index contributed by atoms with van der Waals surface area (Å²) in [5.74, 6) is 0. The van der Waals surface area contributed by atoms with E-state index in [9.17, 15) is 5.11 Å². The number of piperidine rings is 2. The Bertz CT molecular complexity index is 177. The monoisotopic (exact) mass is 270 g/mol. The van der Waals surface area contributed by atoms with Gasteiger partial charge < -0.3 is 10.4 Å². The minimum Gasteiger partial charge on any atom is -0.392 e. The van der Waals surface area contributed by atoms with Gasteiger partial charge in [0.1, 0.15) is 0 Å². The van der Waals surface area contributed by atoms with Crippen LogP contribution in [0.2, 0.25) is 0 Å². The second-order valence-corrected chi connectivity index (χ2v) is 4.70. The standard InChI is InChI=1S/C11H22N2O.2ClH/c14-11-5-3-7-13(9-11)8-10-4-1-2-6-12-10;;/h10-12,14H,1-9H2;2*1H/t10?,11-;;/m1../s1. The van der Waals surface area contributed by atoms with Crippen molar-refractivity contribution >= 4 is 24.8 Å². The molecule has 5 heteroatoms. The van der Waals surface area contributed by atoms with Crippen LogP contribution in [0.4, 0.5) is 0 Å². The van der Waals surface area contributed by atoms with E-state index < -0.39 is 0 Å². The fourth-order valence-corrected chi connectivity index (χ4v) is 2.59. The van der Waals surface area contributed by atoms with Crippen molar-refractivity contribution in [3.8, 4) is 0 Å². The number of β-amino-alcohol motifs (C(OH)–C–C–N with tert-alkyl or cyclic N) is 1. The summed E-state index contributed by atoms with van der Waals surface area (Å²) in [6.07, 6.45) is 6.09. The summed E-state index contributed by atoms with van der Waals surface area (Å²) in [6.45, 7) is 4.38. The van der Waals surface area contributed by atoms with Gasteiger partial charge in [0.2, 0.25) is 0 Å². The van der Waals surface area contributed by atoms with Crippen molar-refractivity contribution in [3.63, 3.8) is 0 Å². The molecule has 98 valence electrons. The normalized spacial score (nSPS) is 31.3. The predicted octanol–water partition coefficient (Wildman–Crippen LogP) is 1.43. The maximum atomic E-state index is 9.55. The molecule has 0 aromatic carbocycles. The molecule has 2 N–H and O–H groups in total.